The Morgan fingerprint density at radius 2 is 2.22 bits per heavy atom. The fraction of sp³-hybridized carbons (Fsp3) is 0.500. The molecule has 0 heterocycles. The number of nitrogens with one attached hydrogen (secondary N) is 1. The van der Waals surface area contributed by atoms with Crippen molar-refractivity contribution in [2.24, 2.45) is 0 Å². The van der Waals surface area contributed by atoms with Crippen LogP contribution in [0.4, 0.5) is 4.79 Å². The number of hydrogen-bond acceptors (Lipinski definition) is 3. The Balaban J connectivity index is 3.28. The fourth-order valence-electron chi connectivity index (χ4n) is 0.214. The Kier molecular flexibility index (Phi) is 3.79. The van der Waals surface area contributed by atoms with Gasteiger partial charge in [0.05, 0.1) is 7.11 Å². The Labute approximate surface area is 57.1 Å². The summed E-state index contributed by atoms with van der Waals surface area (Å²) in [5.74, 6) is -0.524. The van der Waals surface area contributed by atoms with E-state index >= 15 is 0 Å². The molecule has 1 amide bonds. The number of methoxy groups -OCH3 is 1. The zero-order chi connectivity index (χ0) is 7.28. The summed E-state index contributed by atoms with van der Waals surface area (Å²) >= 11 is 4.82. The van der Waals surface area contributed by atoms with Crippen LogP contribution in [-0.2, 0) is 9.53 Å². The molecule has 0 rings (SSSR count). The predicted octanol–water partition coefficient (Wildman–Crippen LogP) is 0.108. The molecule has 5 heteroatoms. The second-order valence-electron chi connectivity index (χ2n) is 1.20. The number of amides is 1. The molecular formula is C4H6ClNO3. The molecule has 0 unspecified atom stereocenters. The average molecular weight is 152 g/mol. The molecule has 0 saturated heterocycles. The van der Waals surface area contributed by atoms with Gasteiger partial charge in [0.25, 0.3) is 0 Å². The normalized spacial score (nSPS) is 8.22. The van der Waals surface area contributed by atoms with Gasteiger partial charge in [-0.25, -0.2) is 0 Å². The standard InChI is InChI=1S/C4H6ClNO3/c1-9-3(7)2-6-4(5)8/h2H2,1H3,(H,6,8). The molecule has 1 N–H and O–H groups in total. The molecule has 0 bridgehead atoms. The highest BCUT2D eigenvalue weighted by molar-refractivity contribution is 6.63. The van der Waals surface area contributed by atoms with Crippen molar-refractivity contribution in [3.05, 3.63) is 0 Å². The predicted molar refractivity (Wildman–Crippen MR) is 31.3 cm³/mol. The second kappa shape index (κ2) is 4.14. The molecule has 0 aliphatic rings. The van der Waals surface area contributed by atoms with Crippen LogP contribution in [0.25, 0.3) is 0 Å². The number of halogens is 1. The third kappa shape index (κ3) is 5.10. The van der Waals surface area contributed by atoms with E-state index in [9.17, 15) is 9.59 Å². The Bertz CT molecular complexity index is 125. The summed E-state index contributed by atoms with van der Waals surface area (Å²) in [7, 11) is 1.22. The van der Waals surface area contributed by atoms with E-state index in [0.717, 1.165) is 0 Å². The van der Waals surface area contributed by atoms with Crippen LogP contribution in [0.15, 0.2) is 0 Å². The Morgan fingerprint density at radius 3 is 2.56 bits per heavy atom. The topological polar surface area (TPSA) is 55.4 Å². The lowest BCUT2D eigenvalue weighted by atomic mass is 10.7. The highest BCUT2D eigenvalue weighted by Gasteiger charge is 1.99. The van der Waals surface area contributed by atoms with Gasteiger partial charge in [0, 0.05) is 0 Å². The highest BCUT2D eigenvalue weighted by Crippen LogP contribution is 1.76. The van der Waals surface area contributed by atoms with Gasteiger partial charge in [-0.1, -0.05) is 0 Å². The first-order valence-corrected chi connectivity index (χ1v) is 2.54. The quantitative estimate of drug-likeness (QED) is 0.346. The molecule has 0 saturated carbocycles. The maximum atomic E-state index is 10.2. The molecular weight excluding hydrogens is 146 g/mol. The van der Waals surface area contributed by atoms with Crippen LogP contribution in [0.2, 0.25) is 0 Å². The van der Waals surface area contributed by atoms with Gasteiger partial charge < -0.3 is 10.1 Å². The number of hydrogen-bond donors (Lipinski definition) is 1. The van der Waals surface area contributed by atoms with Crippen LogP contribution >= 0.6 is 11.6 Å². The van der Waals surface area contributed by atoms with Gasteiger partial charge in [-0.15, -0.1) is 0 Å². The number of carbonyl (C=O) groups excluding carboxylic acids is 2. The van der Waals surface area contributed by atoms with Gasteiger partial charge in [-0.05, 0) is 11.6 Å². The number of carbonyl (C=O) groups is 2. The maximum Gasteiger partial charge on any atom is 0.325 e. The van der Waals surface area contributed by atoms with Crippen LogP contribution in [0.5, 0.6) is 0 Å². The van der Waals surface area contributed by atoms with E-state index in [2.05, 4.69) is 4.74 Å². The van der Waals surface area contributed by atoms with Gasteiger partial charge in [0.1, 0.15) is 6.54 Å². The largest absolute Gasteiger partial charge is 0.468 e. The molecule has 0 radical (unpaired) electrons. The van der Waals surface area contributed by atoms with E-state index in [-0.39, 0.29) is 6.54 Å². The second-order valence-corrected chi connectivity index (χ2v) is 1.55. The lowest BCUT2D eigenvalue weighted by Gasteiger charge is -1.96. The Morgan fingerprint density at radius 1 is 1.67 bits per heavy atom. The lowest BCUT2D eigenvalue weighted by Crippen LogP contribution is -2.25. The summed E-state index contributed by atoms with van der Waals surface area (Å²) in [6, 6.07) is 0. The smallest absolute Gasteiger partial charge is 0.325 e. The molecule has 0 fully saturated rings. The third-order valence-corrected chi connectivity index (χ3v) is 0.733. The van der Waals surface area contributed by atoms with Crippen molar-refractivity contribution in [3.63, 3.8) is 0 Å². The molecule has 9 heavy (non-hydrogen) atoms. The van der Waals surface area contributed by atoms with Gasteiger partial charge in [-0.2, -0.15) is 0 Å². The summed E-state index contributed by atoms with van der Waals surface area (Å²) in [5.41, 5.74) is 0. The van der Waals surface area contributed by atoms with Gasteiger partial charge in [-0.3, -0.25) is 9.59 Å². The summed E-state index contributed by atoms with van der Waals surface area (Å²) < 4.78 is 4.19. The third-order valence-electron chi connectivity index (χ3n) is 0.599. The maximum absolute atomic E-state index is 10.2. The average Bonchev–Trinajstić information content (AvgIpc) is 1.83. The zero-order valence-corrected chi connectivity index (χ0v) is 5.57. The van der Waals surface area contributed by atoms with Crippen LogP contribution in [0, 0.1) is 0 Å². The van der Waals surface area contributed by atoms with E-state index in [1.54, 1.807) is 0 Å². The number of rotatable bonds is 2. The molecule has 0 spiro atoms. The minimum atomic E-state index is -0.764. The molecule has 0 aliphatic carbocycles. The van der Waals surface area contributed by atoms with Crippen molar-refractivity contribution < 1.29 is 14.3 Å². The van der Waals surface area contributed by atoms with Crippen LogP contribution < -0.4 is 5.32 Å². The molecule has 52 valence electrons. The summed E-state index contributed by atoms with van der Waals surface area (Å²) in [4.78, 5) is 20.1. The monoisotopic (exact) mass is 151 g/mol. The molecule has 0 aromatic heterocycles. The number of esters is 1. The minimum absolute atomic E-state index is 0.182. The molecule has 0 aromatic rings. The van der Waals surface area contributed by atoms with Crippen LogP contribution in [0.3, 0.4) is 0 Å². The summed E-state index contributed by atoms with van der Waals surface area (Å²) in [6.07, 6.45) is 0. The van der Waals surface area contributed by atoms with E-state index < -0.39 is 11.3 Å². The van der Waals surface area contributed by atoms with E-state index in [1.807, 2.05) is 5.32 Å². The lowest BCUT2D eigenvalue weighted by molar-refractivity contribution is -0.139. The van der Waals surface area contributed by atoms with Crippen LogP contribution in [0.1, 0.15) is 0 Å². The highest BCUT2D eigenvalue weighted by atomic mass is 35.5. The molecule has 0 aromatic carbocycles. The summed E-state index contributed by atoms with van der Waals surface area (Å²) in [6.45, 7) is -0.182. The zero-order valence-electron chi connectivity index (χ0n) is 4.81. The van der Waals surface area contributed by atoms with Crippen LogP contribution in [-0.4, -0.2) is 25.0 Å². The van der Waals surface area contributed by atoms with E-state index in [0.29, 0.717) is 0 Å². The first-order chi connectivity index (χ1) is 4.16. The van der Waals surface area contributed by atoms with Gasteiger partial charge in [0.15, 0.2) is 0 Å². The van der Waals surface area contributed by atoms with Crippen molar-refractivity contribution in [1.82, 2.24) is 5.32 Å². The van der Waals surface area contributed by atoms with Gasteiger partial charge >= 0.3 is 11.3 Å². The minimum Gasteiger partial charge on any atom is -0.468 e. The van der Waals surface area contributed by atoms with E-state index in [4.69, 9.17) is 11.6 Å². The first-order valence-electron chi connectivity index (χ1n) is 2.17. The summed E-state index contributed by atoms with van der Waals surface area (Å²) in [5, 5.41) is 1.28. The number of ether oxygens (including phenoxy) is 1. The van der Waals surface area contributed by atoms with Crippen molar-refractivity contribution in [2.45, 2.75) is 0 Å². The fourth-order valence-corrected chi connectivity index (χ4v) is 0.281. The molecule has 0 atom stereocenters. The van der Waals surface area contributed by atoms with Crippen molar-refractivity contribution in [2.75, 3.05) is 13.7 Å². The van der Waals surface area contributed by atoms with E-state index in [1.165, 1.54) is 7.11 Å². The SMILES string of the molecule is COC(=O)CNC(=O)Cl. The molecule has 4 nitrogen and oxygen atoms in total. The van der Waals surface area contributed by atoms with Crippen molar-refractivity contribution in [3.8, 4) is 0 Å². The Hall–Kier alpha value is -0.770. The van der Waals surface area contributed by atoms with Crippen molar-refractivity contribution >= 4 is 22.9 Å². The van der Waals surface area contributed by atoms with Gasteiger partial charge in [0.2, 0.25) is 0 Å². The van der Waals surface area contributed by atoms with Crippen molar-refractivity contribution in [1.29, 1.82) is 0 Å². The first kappa shape index (κ1) is 8.23. The molecule has 0 aliphatic heterocycles.